The van der Waals surface area contributed by atoms with Crippen molar-refractivity contribution >= 4 is 29.0 Å². The van der Waals surface area contributed by atoms with Crippen molar-refractivity contribution in [1.82, 2.24) is 9.80 Å². The molecule has 132 valence electrons. The lowest BCUT2D eigenvalue weighted by molar-refractivity contribution is -0.124. The van der Waals surface area contributed by atoms with Crippen LogP contribution in [-0.2, 0) is 11.2 Å². The van der Waals surface area contributed by atoms with Crippen molar-refractivity contribution in [2.24, 2.45) is 0 Å². The Hall–Kier alpha value is -0.610. The molecule has 2 saturated heterocycles. The normalized spacial score (nSPS) is 21.1. The first-order valence-corrected chi connectivity index (χ1v) is 9.82. The van der Waals surface area contributed by atoms with Gasteiger partial charge in [0.1, 0.15) is 0 Å². The molecule has 0 spiro atoms. The highest BCUT2D eigenvalue weighted by atomic mass is 35.5. The highest BCUT2D eigenvalue weighted by Gasteiger charge is 2.29. The van der Waals surface area contributed by atoms with E-state index in [1.165, 1.54) is 32.1 Å². The Morgan fingerprint density at radius 1 is 0.958 bits per heavy atom. The first-order chi connectivity index (χ1) is 11.6. The van der Waals surface area contributed by atoms with Crippen LogP contribution >= 0.6 is 23.2 Å². The maximum Gasteiger partial charge on any atom is 0.155 e. The Kier molecular flexibility index (Phi) is 6.56. The van der Waals surface area contributed by atoms with Gasteiger partial charge in [-0.2, -0.15) is 0 Å². The van der Waals surface area contributed by atoms with E-state index >= 15 is 0 Å². The van der Waals surface area contributed by atoms with Crippen LogP contribution < -0.4 is 0 Å². The highest BCUT2D eigenvalue weighted by molar-refractivity contribution is 6.42. The first-order valence-electron chi connectivity index (χ1n) is 9.06. The number of ketones is 1. The monoisotopic (exact) mass is 368 g/mol. The number of likely N-dealkylation sites (tertiary alicyclic amines) is 2. The Labute approximate surface area is 154 Å². The fraction of sp³-hybridized carbons (Fsp3) is 0.632. The van der Waals surface area contributed by atoms with E-state index in [0.717, 1.165) is 38.3 Å². The van der Waals surface area contributed by atoms with Crippen molar-refractivity contribution in [2.45, 2.75) is 44.6 Å². The summed E-state index contributed by atoms with van der Waals surface area (Å²) in [5, 5.41) is 1.06. The Morgan fingerprint density at radius 3 is 2.29 bits per heavy atom. The van der Waals surface area contributed by atoms with Crippen molar-refractivity contribution in [3.05, 3.63) is 33.8 Å². The Bertz CT molecular complexity index is 566. The summed E-state index contributed by atoms with van der Waals surface area (Å²) < 4.78 is 0. The zero-order chi connectivity index (χ0) is 16.9. The van der Waals surface area contributed by atoms with E-state index in [-0.39, 0.29) is 6.04 Å². The number of nitrogens with zero attached hydrogens (tertiary/aromatic N) is 2. The lowest BCUT2D eigenvalue weighted by Crippen LogP contribution is -2.50. The van der Waals surface area contributed by atoms with E-state index in [4.69, 9.17) is 23.2 Å². The summed E-state index contributed by atoms with van der Waals surface area (Å²) in [5.74, 6) is 0.308. The number of Topliss-reactive ketones (excluding diaryl/α,β-unsaturated/α-hetero) is 1. The lowest BCUT2D eigenvalue weighted by Gasteiger charge is -2.35. The molecule has 0 amide bonds. The van der Waals surface area contributed by atoms with Crippen molar-refractivity contribution in [1.29, 1.82) is 0 Å². The number of benzene rings is 1. The van der Waals surface area contributed by atoms with Crippen LogP contribution in [0.2, 0.25) is 10.0 Å². The van der Waals surface area contributed by atoms with Gasteiger partial charge < -0.3 is 4.90 Å². The SMILES string of the molecule is O=C(Cc1ccc(Cl)c(Cl)c1)C(CN1CCCC1)N1CCCCC1. The molecular weight excluding hydrogens is 343 g/mol. The summed E-state index contributed by atoms with van der Waals surface area (Å²) in [6.07, 6.45) is 6.65. The molecule has 1 atom stereocenters. The van der Waals surface area contributed by atoms with E-state index in [2.05, 4.69) is 9.80 Å². The Balaban J connectivity index is 1.69. The summed E-state index contributed by atoms with van der Waals surface area (Å²) in [5.41, 5.74) is 0.956. The molecule has 3 rings (SSSR count). The molecule has 24 heavy (non-hydrogen) atoms. The van der Waals surface area contributed by atoms with Gasteiger partial charge in [0.2, 0.25) is 0 Å². The third-order valence-corrected chi connectivity index (χ3v) is 5.93. The third-order valence-electron chi connectivity index (χ3n) is 5.20. The van der Waals surface area contributed by atoms with Crippen LogP contribution in [0.3, 0.4) is 0 Å². The second kappa shape index (κ2) is 8.66. The van der Waals surface area contributed by atoms with Gasteiger partial charge in [0.25, 0.3) is 0 Å². The predicted octanol–water partition coefficient (Wildman–Crippen LogP) is 4.06. The number of hydrogen-bond donors (Lipinski definition) is 0. The van der Waals surface area contributed by atoms with Gasteiger partial charge in [-0.1, -0.05) is 35.7 Å². The highest BCUT2D eigenvalue weighted by Crippen LogP contribution is 2.24. The van der Waals surface area contributed by atoms with Crippen LogP contribution in [-0.4, -0.2) is 54.3 Å². The maximum absolute atomic E-state index is 13.1. The zero-order valence-electron chi connectivity index (χ0n) is 14.1. The maximum atomic E-state index is 13.1. The topological polar surface area (TPSA) is 23.6 Å². The lowest BCUT2D eigenvalue weighted by atomic mass is 9.99. The van der Waals surface area contributed by atoms with Crippen LogP contribution in [0.15, 0.2) is 18.2 Å². The molecule has 5 heteroatoms. The smallest absolute Gasteiger partial charge is 0.155 e. The standard InChI is InChI=1S/C19H26Cl2N2O/c20-16-7-6-15(12-17(16)21)13-19(24)18(14-22-8-4-5-9-22)23-10-2-1-3-11-23/h6-7,12,18H,1-5,8-11,13-14H2. The van der Waals surface area contributed by atoms with E-state index in [0.29, 0.717) is 22.2 Å². The van der Waals surface area contributed by atoms with Crippen LogP contribution in [0.1, 0.15) is 37.7 Å². The summed E-state index contributed by atoms with van der Waals surface area (Å²) in [6.45, 7) is 5.23. The molecule has 1 aromatic rings. The molecule has 0 radical (unpaired) electrons. The fourth-order valence-corrected chi connectivity index (χ4v) is 4.15. The molecule has 2 heterocycles. The predicted molar refractivity (Wildman–Crippen MR) is 100 cm³/mol. The largest absolute Gasteiger partial charge is 0.301 e. The average molecular weight is 369 g/mol. The van der Waals surface area contributed by atoms with E-state index in [1.807, 2.05) is 12.1 Å². The molecular formula is C19H26Cl2N2O. The minimum atomic E-state index is 0.0119. The van der Waals surface area contributed by atoms with Crippen molar-refractivity contribution in [3.63, 3.8) is 0 Å². The number of carbonyl (C=O) groups is 1. The fourth-order valence-electron chi connectivity index (χ4n) is 3.83. The molecule has 2 aliphatic heterocycles. The van der Waals surface area contributed by atoms with E-state index in [1.54, 1.807) is 6.07 Å². The summed E-state index contributed by atoms with van der Waals surface area (Å²) in [4.78, 5) is 17.9. The van der Waals surface area contributed by atoms with Crippen LogP contribution in [0.4, 0.5) is 0 Å². The minimum Gasteiger partial charge on any atom is -0.301 e. The second-order valence-corrected chi connectivity index (χ2v) is 7.83. The molecule has 0 N–H and O–H groups in total. The van der Waals surface area contributed by atoms with Gasteiger partial charge >= 0.3 is 0 Å². The number of halogens is 2. The quantitative estimate of drug-likeness (QED) is 0.756. The van der Waals surface area contributed by atoms with Crippen LogP contribution in [0.5, 0.6) is 0 Å². The van der Waals surface area contributed by atoms with Crippen molar-refractivity contribution in [2.75, 3.05) is 32.7 Å². The van der Waals surface area contributed by atoms with Crippen LogP contribution in [0, 0.1) is 0 Å². The van der Waals surface area contributed by atoms with Gasteiger partial charge in [-0.15, -0.1) is 0 Å². The molecule has 0 aliphatic carbocycles. The molecule has 2 fully saturated rings. The van der Waals surface area contributed by atoms with Gasteiger partial charge in [-0.05, 0) is 69.6 Å². The minimum absolute atomic E-state index is 0.0119. The number of carbonyl (C=O) groups excluding carboxylic acids is 1. The molecule has 1 unspecified atom stereocenters. The van der Waals surface area contributed by atoms with Crippen LogP contribution in [0.25, 0.3) is 0 Å². The van der Waals surface area contributed by atoms with Gasteiger partial charge in [0.05, 0.1) is 16.1 Å². The van der Waals surface area contributed by atoms with Crippen molar-refractivity contribution < 1.29 is 4.79 Å². The molecule has 2 aliphatic rings. The average Bonchev–Trinajstić information content (AvgIpc) is 3.10. The molecule has 0 bridgehead atoms. The van der Waals surface area contributed by atoms with Crippen molar-refractivity contribution in [3.8, 4) is 0 Å². The number of rotatable bonds is 6. The summed E-state index contributed by atoms with van der Waals surface area (Å²) in [6, 6.07) is 5.53. The van der Waals surface area contributed by atoms with E-state index in [9.17, 15) is 4.79 Å². The first kappa shape index (κ1) is 18.2. The van der Waals surface area contributed by atoms with Gasteiger partial charge in [-0.25, -0.2) is 0 Å². The number of piperidine rings is 1. The number of hydrogen-bond acceptors (Lipinski definition) is 3. The Morgan fingerprint density at radius 2 is 1.62 bits per heavy atom. The molecule has 0 saturated carbocycles. The summed E-state index contributed by atoms with van der Waals surface area (Å²) in [7, 11) is 0. The molecule has 1 aromatic carbocycles. The third kappa shape index (κ3) is 4.72. The second-order valence-electron chi connectivity index (χ2n) is 7.01. The zero-order valence-corrected chi connectivity index (χ0v) is 15.7. The molecule has 3 nitrogen and oxygen atoms in total. The molecule has 0 aromatic heterocycles. The van der Waals surface area contributed by atoms with Gasteiger partial charge in [0.15, 0.2) is 5.78 Å². The van der Waals surface area contributed by atoms with Gasteiger partial charge in [0, 0.05) is 13.0 Å². The van der Waals surface area contributed by atoms with Gasteiger partial charge in [-0.3, -0.25) is 9.69 Å². The van der Waals surface area contributed by atoms with E-state index < -0.39 is 0 Å². The summed E-state index contributed by atoms with van der Waals surface area (Å²) >= 11 is 12.1.